The summed E-state index contributed by atoms with van der Waals surface area (Å²) in [5, 5.41) is 0.157. The summed E-state index contributed by atoms with van der Waals surface area (Å²) >= 11 is 6.00. The summed E-state index contributed by atoms with van der Waals surface area (Å²) in [6, 6.07) is 9.72. The second-order valence-corrected chi connectivity index (χ2v) is 8.56. The molecule has 2 heterocycles. The summed E-state index contributed by atoms with van der Waals surface area (Å²) in [5.41, 5.74) is 8.53. The number of anilines is 2. The summed E-state index contributed by atoms with van der Waals surface area (Å²) in [6.07, 6.45) is 3.67. The van der Waals surface area contributed by atoms with Crippen LogP contribution in [0.5, 0.6) is 0 Å². The number of pyridine rings is 1. The highest BCUT2D eigenvalue weighted by molar-refractivity contribution is 7.91. The van der Waals surface area contributed by atoms with Gasteiger partial charge in [-0.3, -0.25) is 0 Å². The summed E-state index contributed by atoms with van der Waals surface area (Å²) in [5.74, 6) is 0.316. The Labute approximate surface area is 141 Å². The minimum absolute atomic E-state index is 0.276. The van der Waals surface area contributed by atoms with Gasteiger partial charge in [-0.15, -0.1) is 0 Å². The predicted octanol–water partition coefficient (Wildman–Crippen LogP) is 2.61. The van der Waals surface area contributed by atoms with Crippen LogP contribution in [0.25, 0.3) is 11.1 Å². The number of benzene rings is 1. The average Bonchev–Trinajstić information content (AvgIpc) is 3.00. The van der Waals surface area contributed by atoms with Crippen molar-refractivity contribution in [1.29, 1.82) is 0 Å². The number of sulfone groups is 1. The van der Waals surface area contributed by atoms with E-state index < -0.39 is 9.84 Å². The topological polar surface area (TPSA) is 76.3 Å². The van der Waals surface area contributed by atoms with Gasteiger partial charge in [-0.05, 0) is 30.2 Å². The largest absolute Gasteiger partial charge is 0.382 e. The van der Waals surface area contributed by atoms with Gasteiger partial charge in [0.1, 0.15) is 5.82 Å². The van der Waals surface area contributed by atoms with Crippen LogP contribution >= 0.6 is 11.6 Å². The first-order chi connectivity index (χ1) is 10.8. The molecule has 5 nitrogen and oxygen atoms in total. The second-order valence-electron chi connectivity index (χ2n) is 5.82. The third-order valence-corrected chi connectivity index (χ3v) is 6.08. The maximum atomic E-state index is 11.7. The number of halogens is 1. The van der Waals surface area contributed by atoms with E-state index in [0.717, 1.165) is 23.4 Å². The van der Waals surface area contributed by atoms with Crippen molar-refractivity contribution in [2.75, 3.05) is 30.0 Å². The Hall–Kier alpha value is -1.79. The van der Waals surface area contributed by atoms with Crippen molar-refractivity contribution in [1.82, 2.24) is 4.98 Å². The Kier molecular flexibility index (Phi) is 4.21. The molecule has 1 fully saturated rings. The van der Waals surface area contributed by atoms with Crippen LogP contribution in [0.3, 0.4) is 0 Å². The van der Waals surface area contributed by atoms with Gasteiger partial charge < -0.3 is 10.6 Å². The van der Waals surface area contributed by atoms with E-state index in [1.54, 1.807) is 12.3 Å². The standard InChI is InChI=1S/C16H18ClN3O2S/c1-23(21,22)14-6-7-20(10-14)13-4-2-11(3-5-13)12-8-15(17)16(18)19-9-12/h2-5,8-9,14H,6-7,10H2,1H3,(H2,18,19)/t14-/m1/s1. The molecule has 3 rings (SSSR count). The van der Waals surface area contributed by atoms with Gasteiger partial charge in [-0.25, -0.2) is 13.4 Å². The molecule has 0 saturated carbocycles. The fourth-order valence-corrected chi connectivity index (χ4v) is 3.93. The Morgan fingerprint density at radius 3 is 2.52 bits per heavy atom. The molecule has 2 aromatic rings. The Morgan fingerprint density at radius 2 is 1.96 bits per heavy atom. The van der Waals surface area contributed by atoms with E-state index >= 15 is 0 Å². The SMILES string of the molecule is CS(=O)(=O)[C@@H]1CCN(c2ccc(-c3cnc(N)c(Cl)c3)cc2)C1. The molecule has 1 aromatic heterocycles. The first-order valence-corrected chi connectivity index (χ1v) is 9.63. The highest BCUT2D eigenvalue weighted by Gasteiger charge is 2.30. The van der Waals surface area contributed by atoms with Crippen LogP contribution < -0.4 is 10.6 Å². The third kappa shape index (κ3) is 3.43. The van der Waals surface area contributed by atoms with Crippen LogP contribution in [-0.2, 0) is 9.84 Å². The smallest absolute Gasteiger partial charge is 0.152 e. The summed E-state index contributed by atoms with van der Waals surface area (Å²) < 4.78 is 23.3. The molecule has 0 radical (unpaired) electrons. The lowest BCUT2D eigenvalue weighted by Gasteiger charge is -2.18. The Bertz CT molecular complexity index is 822. The monoisotopic (exact) mass is 351 g/mol. The molecule has 1 aliphatic rings. The van der Waals surface area contributed by atoms with Gasteiger partial charge >= 0.3 is 0 Å². The lowest BCUT2D eigenvalue weighted by atomic mass is 10.1. The highest BCUT2D eigenvalue weighted by Crippen LogP contribution is 2.28. The van der Waals surface area contributed by atoms with Gasteiger partial charge in [0.05, 0.1) is 10.3 Å². The number of hydrogen-bond acceptors (Lipinski definition) is 5. The number of hydrogen-bond donors (Lipinski definition) is 1. The Balaban J connectivity index is 1.79. The number of rotatable bonds is 3. The van der Waals surface area contributed by atoms with Gasteiger partial charge in [0.25, 0.3) is 0 Å². The summed E-state index contributed by atoms with van der Waals surface area (Å²) in [7, 11) is -2.98. The third-order valence-electron chi connectivity index (χ3n) is 4.19. The Morgan fingerprint density at radius 1 is 1.26 bits per heavy atom. The zero-order valence-corrected chi connectivity index (χ0v) is 14.3. The van der Waals surface area contributed by atoms with Crippen molar-refractivity contribution in [3.8, 4) is 11.1 Å². The van der Waals surface area contributed by atoms with Crippen molar-refractivity contribution in [3.63, 3.8) is 0 Å². The predicted molar refractivity (Wildman–Crippen MR) is 94.6 cm³/mol. The maximum absolute atomic E-state index is 11.7. The highest BCUT2D eigenvalue weighted by atomic mass is 35.5. The first kappa shape index (κ1) is 16.1. The van der Waals surface area contributed by atoms with Crippen molar-refractivity contribution in [2.24, 2.45) is 0 Å². The number of aromatic nitrogens is 1. The molecule has 0 spiro atoms. The van der Waals surface area contributed by atoms with Crippen LogP contribution in [0, 0.1) is 0 Å². The molecule has 122 valence electrons. The van der Waals surface area contributed by atoms with E-state index in [1.807, 2.05) is 24.3 Å². The normalized spacial score (nSPS) is 18.3. The molecule has 0 amide bonds. The van der Waals surface area contributed by atoms with Crippen molar-refractivity contribution in [3.05, 3.63) is 41.6 Å². The van der Waals surface area contributed by atoms with E-state index in [2.05, 4.69) is 9.88 Å². The van der Waals surface area contributed by atoms with Crippen LogP contribution in [0.4, 0.5) is 11.5 Å². The van der Waals surface area contributed by atoms with Crippen LogP contribution in [-0.4, -0.2) is 38.0 Å². The van der Waals surface area contributed by atoms with Crippen LogP contribution in [0.15, 0.2) is 36.5 Å². The van der Waals surface area contributed by atoms with Crippen molar-refractivity contribution < 1.29 is 8.42 Å². The lowest BCUT2D eigenvalue weighted by Crippen LogP contribution is -2.25. The molecule has 1 saturated heterocycles. The summed E-state index contributed by atoms with van der Waals surface area (Å²) in [4.78, 5) is 6.16. The van der Waals surface area contributed by atoms with Crippen molar-refractivity contribution in [2.45, 2.75) is 11.7 Å². The average molecular weight is 352 g/mol. The molecular weight excluding hydrogens is 334 g/mol. The second kappa shape index (κ2) is 6.02. The van der Waals surface area contributed by atoms with Gasteiger partial charge in [0.15, 0.2) is 9.84 Å². The summed E-state index contributed by atoms with van der Waals surface area (Å²) in [6.45, 7) is 1.31. The molecule has 0 bridgehead atoms. The van der Waals surface area contributed by atoms with E-state index in [-0.39, 0.29) is 5.25 Å². The zero-order valence-electron chi connectivity index (χ0n) is 12.7. The van der Waals surface area contributed by atoms with E-state index in [1.165, 1.54) is 6.26 Å². The van der Waals surface area contributed by atoms with E-state index in [9.17, 15) is 8.42 Å². The van der Waals surface area contributed by atoms with Crippen LogP contribution in [0.1, 0.15) is 6.42 Å². The molecular formula is C16H18ClN3O2S. The molecule has 1 aliphatic heterocycles. The molecule has 7 heteroatoms. The van der Waals surface area contributed by atoms with Crippen molar-refractivity contribution >= 4 is 32.9 Å². The zero-order chi connectivity index (χ0) is 16.6. The van der Waals surface area contributed by atoms with E-state index in [4.69, 9.17) is 17.3 Å². The number of nitrogen functional groups attached to an aromatic ring is 1. The molecule has 1 aromatic carbocycles. The van der Waals surface area contributed by atoms with Gasteiger partial charge in [-0.1, -0.05) is 23.7 Å². The van der Waals surface area contributed by atoms with Gasteiger partial charge in [0, 0.05) is 36.8 Å². The minimum atomic E-state index is -2.98. The number of nitrogens with two attached hydrogens (primary N) is 1. The molecule has 2 N–H and O–H groups in total. The minimum Gasteiger partial charge on any atom is -0.382 e. The molecule has 23 heavy (non-hydrogen) atoms. The molecule has 0 aliphatic carbocycles. The van der Waals surface area contributed by atoms with Gasteiger partial charge in [0.2, 0.25) is 0 Å². The van der Waals surface area contributed by atoms with Crippen LogP contribution in [0.2, 0.25) is 5.02 Å². The first-order valence-electron chi connectivity index (χ1n) is 7.30. The lowest BCUT2D eigenvalue weighted by molar-refractivity contribution is 0.589. The number of nitrogens with zero attached hydrogens (tertiary/aromatic N) is 2. The van der Waals surface area contributed by atoms with E-state index in [0.29, 0.717) is 23.8 Å². The quantitative estimate of drug-likeness (QED) is 0.919. The fraction of sp³-hybridized carbons (Fsp3) is 0.312. The maximum Gasteiger partial charge on any atom is 0.152 e. The fourth-order valence-electron chi connectivity index (χ4n) is 2.78. The molecule has 0 unspecified atom stereocenters. The van der Waals surface area contributed by atoms with Gasteiger partial charge in [-0.2, -0.15) is 0 Å². The molecule has 1 atom stereocenters.